The molecule has 0 aromatic heterocycles. The number of rotatable bonds is 6. The van der Waals surface area contributed by atoms with Gasteiger partial charge in [-0.15, -0.1) is 11.8 Å². The van der Waals surface area contributed by atoms with Gasteiger partial charge >= 0.3 is 0 Å². The molecule has 2 rings (SSSR count). The van der Waals surface area contributed by atoms with E-state index >= 15 is 0 Å². The Morgan fingerprint density at radius 1 is 1.10 bits per heavy atom. The molecule has 106 valence electrons. The highest BCUT2D eigenvalue weighted by Crippen LogP contribution is 2.30. The Balaban J connectivity index is 2.29. The second kappa shape index (κ2) is 7.36. The molecule has 0 aliphatic carbocycles. The van der Waals surface area contributed by atoms with Gasteiger partial charge in [-0.05, 0) is 43.0 Å². The van der Waals surface area contributed by atoms with Gasteiger partial charge in [-0.3, -0.25) is 0 Å². The fraction of sp³-hybridized carbons (Fsp3) is 0.294. The van der Waals surface area contributed by atoms with E-state index in [9.17, 15) is 0 Å². The van der Waals surface area contributed by atoms with Crippen molar-refractivity contribution in [1.82, 2.24) is 5.32 Å². The van der Waals surface area contributed by atoms with Gasteiger partial charge in [-0.2, -0.15) is 0 Å². The molecule has 0 saturated heterocycles. The quantitative estimate of drug-likeness (QED) is 0.814. The topological polar surface area (TPSA) is 21.3 Å². The Bertz CT molecular complexity index is 556. The van der Waals surface area contributed by atoms with Crippen LogP contribution in [0.3, 0.4) is 0 Å². The van der Waals surface area contributed by atoms with Gasteiger partial charge in [0.25, 0.3) is 0 Å². The Labute approximate surface area is 125 Å². The van der Waals surface area contributed by atoms with Gasteiger partial charge in [-0.1, -0.05) is 36.4 Å². The molecule has 1 N–H and O–H groups in total. The smallest absolute Gasteiger partial charge is 0.122 e. The van der Waals surface area contributed by atoms with Crippen LogP contribution in [0.2, 0.25) is 0 Å². The molecule has 0 spiro atoms. The molecular weight excluding hydrogens is 266 g/mol. The van der Waals surface area contributed by atoms with Gasteiger partial charge in [0.2, 0.25) is 0 Å². The molecule has 0 fully saturated rings. The maximum Gasteiger partial charge on any atom is 0.122 e. The van der Waals surface area contributed by atoms with Gasteiger partial charge in [0.15, 0.2) is 0 Å². The lowest BCUT2D eigenvalue weighted by atomic mass is 9.98. The van der Waals surface area contributed by atoms with Crippen molar-refractivity contribution in [3.63, 3.8) is 0 Å². The SMILES string of the molecule is CNC(Cc1ccccc1OC)c1ccccc1SC. The number of benzene rings is 2. The number of hydrogen-bond acceptors (Lipinski definition) is 3. The van der Waals surface area contributed by atoms with Crippen LogP contribution < -0.4 is 10.1 Å². The summed E-state index contributed by atoms with van der Waals surface area (Å²) in [6, 6.07) is 17.1. The van der Waals surface area contributed by atoms with Crippen LogP contribution in [0.25, 0.3) is 0 Å². The molecule has 20 heavy (non-hydrogen) atoms. The number of nitrogens with one attached hydrogen (secondary N) is 1. The Hall–Kier alpha value is -1.45. The van der Waals surface area contributed by atoms with Crippen LogP contribution in [0.1, 0.15) is 17.2 Å². The van der Waals surface area contributed by atoms with Crippen LogP contribution in [0.4, 0.5) is 0 Å². The van der Waals surface area contributed by atoms with Gasteiger partial charge in [0, 0.05) is 10.9 Å². The van der Waals surface area contributed by atoms with E-state index < -0.39 is 0 Å². The maximum atomic E-state index is 5.45. The van der Waals surface area contributed by atoms with Crippen molar-refractivity contribution < 1.29 is 4.74 Å². The van der Waals surface area contributed by atoms with Gasteiger partial charge in [-0.25, -0.2) is 0 Å². The summed E-state index contributed by atoms with van der Waals surface area (Å²) >= 11 is 1.79. The van der Waals surface area contributed by atoms with Crippen LogP contribution in [-0.2, 0) is 6.42 Å². The van der Waals surface area contributed by atoms with Crippen molar-refractivity contribution >= 4 is 11.8 Å². The lowest BCUT2D eigenvalue weighted by molar-refractivity contribution is 0.406. The molecule has 2 aromatic carbocycles. The highest BCUT2D eigenvalue weighted by Gasteiger charge is 2.15. The summed E-state index contributed by atoms with van der Waals surface area (Å²) in [5.74, 6) is 0.953. The van der Waals surface area contributed by atoms with E-state index in [0.29, 0.717) is 0 Å². The number of para-hydroxylation sites is 1. The van der Waals surface area contributed by atoms with Gasteiger partial charge < -0.3 is 10.1 Å². The molecule has 0 heterocycles. The van der Waals surface area contributed by atoms with Crippen LogP contribution in [0.15, 0.2) is 53.4 Å². The number of thioether (sulfide) groups is 1. The predicted molar refractivity (Wildman–Crippen MR) is 86.7 cm³/mol. The van der Waals surface area contributed by atoms with Gasteiger partial charge in [0.1, 0.15) is 5.75 Å². The van der Waals surface area contributed by atoms with E-state index in [4.69, 9.17) is 4.74 Å². The minimum atomic E-state index is 0.287. The van der Waals surface area contributed by atoms with Gasteiger partial charge in [0.05, 0.1) is 7.11 Å². The summed E-state index contributed by atoms with van der Waals surface area (Å²) in [5, 5.41) is 3.42. The third kappa shape index (κ3) is 3.35. The second-order valence-electron chi connectivity index (χ2n) is 4.60. The molecule has 0 amide bonds. The van der Waals surface area contributed by atoms with E-state index in [2.05, 4.69) is 48.0 Å². The molecule has 0 radical (unpaired) electrons. The zero-order valence-electron chi connectivity index (χ0n) is 12.2. The Kier molecular flexibility index (Phi) is 5.50. The number of ether oxygens (including phenoxy) is 1. The summed E-state index contributed by atoms with van der Waals surface area (Å²) in [7, 11) is 3.74. The fourth-order valence-corrected chi connectivity index (χ4v) is 3.07. The molecule has 1 atom stereocenters. The first-order chi connectivity index (χ1) is 9.80. The summed E-state index contributed by atoms with van der Waals surface area (Å²) in [6.45, 7) is 0. The first kappa shape index (κ1) is 14.9. The third-order valence-electron chi connectivity index (χ3n) is 3.48. The molecule has 0 aliphatic rings. The monoisotopic (exact) mass is 287 g/mol. The molecule has 1 unspecified atom stereocenters. The molecule has 0 aliphatic heterocycles. The molecule has 2 aromatic rings. The van der Waals surface area contributed by atoms with Crippen LogP contribution in [-0.4, -0.2) is 20.4 Å². The van der Waals surface area contributed by atoms with E-state index in [1.807, 2.05) is 19.2 Å². The van der Waals surface area contributed by atoms with Crippen LogP contribution in [0.5, 0.6) is 5.75 Å². The summed E-state index contributed by atoms with van der Waals surface area (Å²) in [6.07, 6.45) is 3.03. The van der Waals surface area contributed by atoms with Crippen LogP contribution in [0, 0.1) is 0 Å². The van der Waals surface area contributed by atoms with E-state index in [1.54, 1.807) is 18.9 Å². The second-order valence-corrected chi connectivity index (χ2v) is 5.45. The van der Waals surface area contributed by atoms with E-state index in [-0.39, 0.29) is 6.04 Å². The third-order valence-corrected chi connectivity index (χ3v) is 4.29. The first-order valence-electron chi connectivity index (χ1n) is 6.72. The zero-order chi connectivity index (χ0) is 14.4. The van der Waals surface area contributed by atoms with Crippen molar-refractivity contribution in [3.8, 4) is 5.75 Å². The fourth-order valence-electron chi connectivity index (χ4n) is 2.41. The largest absolute Gasteiger partial charge is 0.496 e. The van der Waals surface area contributed by atoms with Crippen LogP contribution >= 0.6 is 11.8 Å². The number of likely N-dealkylation sites (N-methyl/N-ethyl adjacent to an activating group) is 1. The Morgan fingerprint density at radius 3 is 2.50 bits per heavy atom. The first-order valence-corrected chi connectivity index (χ1v) is 7.94. The van der Waals surface area contributed by atoms with Crippen molar-refractivity contribution in [2.75, 3.05) is 20.4 Å². The average Bonchev–Trinajstić information content (AvgIpc) is 2.53. The number of methoxy groups -OCH3 is 1. The zero-order valence-corrected chi connectivity index (χ0v) is 13.0. The lowest BCUT2D eigenvalue weighted by Gasteiger charge is -2.20. The van der Waals surface area contributed by atoms with E-state index in [0.717, 1.165) is 12.2 Å². The molecule has 0 bridgehead atoms. The van der Waals surface area contributed by atoms with Crippen molar-refractivity contribution in [1.29, 1.82) is 0 Å². The Morgan fingerprint density at radius 2 is 1.80 bits per heavy atom. The van der Waals surface area contributed by atoms with Crippen molar-refractivity contribution in [3.05, 3.63) is 59.7 Å². The van der Waals surface area contributed by atoms with Crippen molar-refractivity contribution in [2.45, 2.75) is 17.4 Å². The highest BCUT2D eigenvalue weighted by molar-refractivity contribution is 7.98. The summed E-state index contributed by atoms with van der Waals surface area (Å²) in [4.78, 5) is 1.32. The standard InChI is InChI=1S/C17H21NOS/c1-18-15(14-9-5-7-11-17(14)20-3)12-13-8-4-6-10-16(13)19-2/h4-11,15,18H,12H2,1-3H3. The summed E-state index contributed by atoms with van der Waals surface area (Å²) in [5.41, 5.74) is 2.57. The normalized spacial score (nSPS) is 12.2. The summed E-state index contributed by atoms with van der Waals surface area (Å²) < 4.78 is 5.45. The molecular formula is C17H21NOS. The average molecular weight is 287 g/mol. The molecule has 2 nitrogen and oxygen atoms in total. The lowest BCUT2D eigenvalue weighted by Crippen LogP contribution is -2.19. The van der Waals surface area contributed by atoms with E-state index in [1.165, 1.54) is 16.0 Å². The van der Waals surface area contributed by atoms with Crippen molar-refractivity contribution in [2.24, 2.45) is 0 Å². The number of hydrogen-bond donors (Lipinski definition) is 1. The minimum absolute atomic E-state index is 0.287. The molecule has 3 heteroatoms. The molecule has 0 saturated carbocycles. The maximum absolute atomic E-state index is 5.45. The minimum Gasteiger partial charge on any atom is -0.496 e. The highest BCUT2D eigenvalue weighted by atomic mass is 32.2. The predicted octanol–water partition coefficient (Wildman–Crippen LogP) is 3.92.